The molecule has 3 aliphatic rings. The number of halogens is 1. The topological polar surface area (TPSA) is 52.3 Å². The van der Waals surface area contributed by atoms with Crippen LogP contribution in [0.1, 0.15) is 25.7 Å². The third-order valence-corrected chi connectivity index (χ3v) is 3.72. The van der Waals surface area contributed by atoms with Crippen LogP contribution in [0.4, 0.5) is 0 Å². The summed E-state index contributed by atoms with van der Waals surface area (Å²) >= 11 is 0. The van der Waals surface area contributed by atoms with Crippen molar-refractivity contribution in [2.45, 2.75) is 31.7 Å². The molecule has 0 aromatic rings. The predicted octanol–water partition coefficient (Wildman–Crippen LogP) is 1.34. The van der Waals surface area contributed by atoms with E-state index < -0.39 is 0 Å². The van der Waals surface area contributed by atoms with E-state index in [1.54, 1.807) is 0 Å². The van der Waals surface area contributed by atoms with Gasteiger partial charge in [0.1, 0.15) is 0 Å². The van der Waals surface area contributed by atoms with Gasteiger partial charge in [0.05, 0.1) is 13.0 Å². The molecule has 4 atom stereocenters. The Labute approximate surface area is 90.8 Å². The SMILES string of the molecule is COC(=O)C1CC2CCC1CC2N.Cl. The molecule has 0 saturated heterocycles. The van der Waals surface area contributed by atoms with Crippen LogP contribution >= 0.6 is 12.4 Å². The van der Waals surface area contributed by atoms with E-state index >= 15 is 0 Å². The fourth-order valence-corrected chi connectivity index (χ4v) is 2.92. The fourth-order valence-electron chi connectivity index (χ4n) is 2.92. The molecule has 0 spiro atoms. The van der Waals surface area contributed by atoms with Crippen molar-refractivity contribution in [2.75, 3.05) is 7.11 Å². The van der Waals surface area contributed by atoms with Crippen LogP contribution in [0.3, 0.4) is 0 Å². The highest BCUT2D eigenvalue weighted by atomic mass is 35.5. The maximum atomic E-state index is 11.4. The quantitative estimate of drug-likeness (QED) is 0.678. The van der Waals surface area contributed by atoms with E-state index in [2.05, 4.69) is 0 Å². The molecule has 0 aromatic carbocycles. The van der Waals surface area contributed by atoms with Crippen LogP contribution in [0.2, 0.25) is 0 Å². The summed E-state index contributed by atoms with van der Waals surface area (Å²) in [7, 11) is 1.48. The van der Waals surface area contributed by atoms with Gasteiger partial charge in [-0.15, -0.1) is 12.4 Å². The number of esters is 1. The molecule has 2 bridgehead atoms. The van der Waals surface area contributed by atoms with E-state index in [1.807, 2.05) is 0 Å². The van der Waals surface area contributed by atoms with E-state index in [4.69, 9.17) is 10.5 Å². The Bertz CT molecular complexity index is 222. The first-order valence-corrected chi connectivity index (χ1v) is 5.05. The molecular formula is C10H18ClNO2. The lowest BCUT2D eigenvalue weighted by molar-refractivity contribution is -0.151. The average Bonchev–Trinajstić information content (AvgIpc) is 2.17. The van der Waals surface area contributed by atoms with Gasteiger partial charge in [0.2, 0.25) is 0 Å². The Kier molecular flexibility index (Phi) is 3.78. The van der Waals surface area contributed by atoms with Gasteiger partial charge in [0.25, 0.3) is 0 Å². The third-order valence-electron chi connectivity index (χ3n) is 3.72. The maximum Gasteiger partial charge on any atom is 0.308 e. The van der Waals surface area contributed by atoms with Crippen LogP contribution in [0.5, 0.6) is 0 Å². The number of carbonyl (C=O) groups excluding carboxylic acids is 1. The molecule has 4 heteroatoms. The van der Waals surface area contributed by atoms with Crippen LogP contribution in [0, 0.1) is 17.8 Å². The van der Waals surface area contributed by atoms with E-state index in [9.17, 15) is 4.79 Å². The van der Waals surface area contributed by atoms with Gasteiger partial charge >= 0.3 is 5.97 Å². The zero-order valence-electron chi connectivity index (χ0n) is 8.44. The molecule has 2 N–H and O–H groups in total. The summed E-state index contributed by atoms with van der Waals surface area (Å²) in [4.78, 5) is 11.4. The minimum Gasteiger partial charge on any atom is -0.469 e. The summed E-state index contributed by atoms with van der Waals surface area (Å²) < 4.78 is 4.80. The highest BCUT2D eigenvalue weighted by molar-refractivity contribution is 5.85. The Morgan fingerprint density at radius 3 is 2.36 bits per heavy atom. The fraction of sp³-hybridized carbons (Fsp3) is 0.900. The van der Waals surface area contributed by atoms with E-state index in [1.165, 1.54) is 13.5 Å². The van der Waals surface area contributed by atoms with Gasteiger partial charge in [-0.1, -0.05) is 0 Å². The number of carbonyl (C=O) groups is 1. The maximum absolute atomic E-state index is 11.4. The summed E-state index contributed by atoms with van der Waals surface area (Å²) in [6, 6.07) is 0.333. The first-order chi connectivity index (χ1) is 6.22. The average molecular weight is 220 g/mol. The number of methoxy groups -OCH3 is 1. The number of ether oxygens (including phenoxy) is 1. The molecule has 0 aliphatic heterocycles. The normalized spacial score (nSPS) is 40.1. The standard InChI is InChI=1S/C10H17NO2.ClH/c1-13-10(12)8-4-7-3-2-6(8)5-9(7)11;/h6-9H,2-5,11H2,1H3;1H. The molecule has 3 fully saturated rings. The van der Waals surface area contributed by atoms with Gasteiger partial charge in [-0.25, -0.2) is 0 Å². The second-order valence-corrected chi connectivity index (χ2v) is 4.36. The lowest BCUT2D eigenvalue weighted by Crippen LogP contribution is -2.47. The summed E-state index contributed by atoms with van der Waals surface area (Å²) in [5, 5.41) is 0. The summed E-state index contributed by atoms with van der Waals surface area (Å²) in [6.45, 7) is 0. The lowest BCUT2D eigenvalue weighted by atomic mass is 9.62. The van der Waals surface area contributed by atoms with Gasteiger partial charge in [0.15, 0.2) is 0 Å². The van der Waals surface area contributed by atoms with Crippen molar-refractivity contribution in [2.24, 2.45) is 23.5 Å². The van der Waals surface area contributed by atoms with Crippen LogP contribution in [-0.2, 0) is 9.53 Å². The molecule has 3 aliphatic carbocycles. The van der Waals surface area contributed by atoms with Crippen LogP contribution in [0.15, 0.2) is 0 Å². The van der Waals surface area contributed by atoms with E-state index in [0.717, 1.165) is 19.3 Å². The molecule has 0 heterocycles. The monoisotopic (exact) mass is 219 g/mol. The number of hydrogen-bond acceptors (Lipinski definition) is 3. The molecule has 4 unspecified atom stereocenters. The molecule has 14 heavy (non-hydrogen) atoms. The molecule has 82 valence electrons. The number of fused-ring (bicyclic) bond motifs is 3. The largest absolute Gasteiger partial charge is 0.469 e. The molecule has 0 amide bonds. The van der Waals surface area contributed by atoms with Crippen LogP contribution in [-0.4, -0.2) is 19.1 Å². The number of hydrogen-bond donors (Lipinski definition) is 1. The van der Waals surface area contributed by atoms with Crippen molar-refractivity contribution < 1.29 is 9.53 Å². The van der Waals surface area contributed by atoms with Crippen molar-refractivity contribution >= 4 is 18.4 Å². The Morgan fingerprint density at radius 2 is 1.93 bits per heavy atom. The summed E-state index contributed by atoms with van der Waals surface area (Å²) in [5.74, 6) is 1.17. The first kappa shape index (κ1) is 11.8. The summed E-state index contributed by atoms with van der Waals surface area (Å²) in [6.07, 6.45) is 4.35. The smallest absolute Gasteiger partial charge is 0.308 e. The molecule has 3 rings (SSSR count). The first-order valence-electron chi connectivity index (χ1n) is 5.05. The number of rotatable bonds is 1. The zero-order chi connectivity index (χ0) is 9.42. The van der Waals surface area contributed by atoms with Crippen molar-refractivity contribution in [3.63, 3.8) is 0 Å². The second-order valence-electron chi connectivity index (χ2n) is 4.36. The minimum absolute atomic E-state index is 0. The lowest BCUT2D eigenvalue weighted by Gasteiger charge is -2.44. The summed E-state index contributed by atoms with van der Waals surface area (Å²) in [5.41, 5.74) is 5.97. The Hall–Kier alpha value is -0.280. The molecule has 3 nitrogen and oxygen atoms in total. The van der Waals surface area contributed by atoms with E-state index in [-0.39, 0.29) is 24.3 Å². The van der Waals surface area contributed by atoms with Crippen molar-refractivity contribution in [3.8, 4) is 0 Å². The van der Waals surface area contributed by atoms with Crippen LogP contribution < -0.4 is 5.73 Å². The Balaban J connectivity index is 0.000000980. The van der Waals surface area contributed by atoms with Crippen molar-refractivity contribution in [1.29, 1.82) is 0 Å². The molecule has 0 radical (unpaired) electrons. The third kappa shape index (κ3) is 1.89. The zero-order valence-corrected chi connectivity index (χ0v) is 9.26. The Morgan fingerprint density at radius 1 is 1.29 bits per heavy atom. The van der Waals surface area contributed by atoms with Crippen molar-refractivity contribution in [3.05, 3.63) is 0 Å². The van der Waals surface area contributed by atoms with Gasteiger partial charge in [0, 0.05) is 6.04 Å². The van der Waals surface area contributed by atoms with Gasteiger partial charge in [-0.2, -0.15) is 0 Å². The molecule has 3 saturated carbocycles. The van der Waals surface area contributed by atoms with Gasteiger partial charge in [-0.3, -0.25) is 4.79 Å². The highest BCUT2D eigenvalue weighted by Gasteiger charge is 2.43. The second kappa shape index (κ2) is 4.49. The molecule has 0 aromatic heterocycles. The van der Waals surface area contributed by atoms with E-state index in [0.29, 0.717) is 17.9 Å². The van der Waals surface area contributed by atoms with Gasteiger partial charge < -0.3 is 10.5 Å². The predicted molar refractivity (Wildman–Crippen MR) is 56.2 cm³/mol. The van der Waals surface area contributed by atoms with Gasteiger partial charge in [-0.05, 0) is 37.5 Å². The minimum atomic E-state index is -0.0263. The van der Waals surface area contributed by atoms with Crippen molar-refractivity contribution in [1.82, 2.24) is 0 Å². The number of nitrogens with two attached hydrogens (primary N) is 1. The molecular weight excluding hydrogens is 202 g/mol. The highest BCUT2D eigenvalue weighted by Crippen LogP contribution is 2.44. The van der Waals surface area contributed by atoms with Crippen LogP contribution in [0.25, 0.3) is 0 Å².